The van der Waals surface area contributed by atoms with Crippen LogP contribution in [-0.2, 0) is 0 Å². The highest BCUT2D eigenvalue weighted by molar-refractivity contribution is 6.33. The minimum atomic E-state index is -0.583. The Bertz CT molecular complexity index is 1130. The van der Waals surface area contributed by atoms with Gasteiger partial charge >= 0.3 is 0 Å². The molecule has 0 aliphatic rings. The average Bonchev–Trinajstić information content (AvgIpc) is 3.25. The maximum Gasteiger partial charge on any atom is 0.257 e. The normalized spacial score (nSPS) is 12.3. The van der Waals surface area contributed by atoms with Crippen molar-refractivity contribution >= 4 is 28.5 Å². The summed E-state index contributed by atoms with van der Waals surface area (Å²) >= 11 is 6.13. The molecule has 2 aromatic carbocycles. The van der Waals surface area contributed by atoms with Crippen LogP contribution in [0.15, 0.2) is 47.0 Å². The van der Waals surface area contributed by atoms with E-state index in [4.69, 9.17) is 16.1 Å². The van der Waals surface area contributed by atoms with Crippen LogP contribution in [0.1, 0.15) is 34.9 Å². The number of imidazole rings is 1. The molecule has 6 nitrogen and oxygen atoms in total. The van der Waals surface area contributed by atoms with Gasteiger partial charge in [0.2, 0.25) is 0 Å². The summed E-state index contributed by atoms with van der Waals surface area (Å²) < 4.78 is 19.5. The number of H-pyrrole nitrogens is 1. The van der Waals surface area contributed by atoms with Crippen LogP contribution < -0.4 is 5.32 Å². The number of rotatable bonds is 4. The van der Waals surface area contributed by atoms with Crippen molar-refractivity contribution in [2.24, 2.45) is 0 Å². The van der Waals surface area contributed by atoms with E-state index in [0.29, 0.717) is 5.82 Å². The van der Waals surface area contributed by atoms with Gasteiger partial charge in [-0.05, 0) is 38.1 Å². The van der Waals surface area contributed by atoms with Crippen LogP contribution in [-0.4, -0.2) is 21.0 Å². The largest absolute Gasteiger partial charge is 0.360 e. The van der Waals surface area contributed by atoms with E-state index in [-0.39, 0.29) is 27.6 Å². The predicted octanol–water partition coefficient (Wildman–Crippen LogP) is 4.81. The molecule has 28 heavy (non-hydrogen) atoms. The van der Waals surface area contributed by atoms with Gasteiger partial charge in [-0.3, -0.25) is 4.79 Å². The Morgan fingerprint density at radius 2 is 2.04 bits per heavy atom. The molecule has 0 saturated carbocycles. The topological polar surface area (TPSA) is 83.8 Å². The molecule has 0 radical (unpaired) electrons. The molecule has 0 spiro atoms. The highest BCUT2D eigenvalue weighted by Gasteiger charge is 2.26. The van der Waals surface area contributed by atoms with Gasteiger partial charge in [-0.25, -0.2) is 9.37 Å². The Labute approximate surface area is 164 Å². The maximum atomic E-state index is 14.3. The van der Waals surface area contributed by atoms with Crippen LogP contribution in [0.2, 0.25) is 5.02 Å². The molecule has 0 saturated heterocycles. The Kier molecular flexibility index (Phi) is 4.60. The molecule has 0 aliphatic carbocycles. The number of halogens is 2. The van der Waals surface area contributed by atoms with Crippen molar-refractivity contribution in [3.8, 4) is 11.3 Å². The van der Waals surface area contributed by atoms with Crippen molar-refractivity contribution in [3.05, 3.63) is 70.5 Å². The second-order valence-corrected chi connectivity index (χ2v) is 6.80. The number of aryl methyl sites for hydroxylation is 1. The second-order valence-electron chi connectivity index (χ2n) is 6.39. The van der Waals surface area contributed by atoms with Crippen molar-refractivity contribution < 1.29 is 13.7 Å². The minimum Gasteiger partial charge on any atom is -0.360 e. The first-order chi connectivity index (χ1) is 13.5. The number of fused-ring (bicyclic) bond motifs is 1. The monoisotopic (exact) mass is 398 g/mol. The summed E-state index contributed by atoms with van der Waals surface area (Å²) in [6.45, 7) is 3.39. The number of carbonyl (C=O) groups is 1. The third kappa shape index (κ3) is 3.14. The SMILES string of the molecule is Cc1onc(-c2c(F)cccc2Cl)c1C(=O)N[C@@H](C)c1nc2ccccc2[nH]1. The summed E-state index contributed by atoms with van der Waals surface area (Å²) in [5, 5.41) is 6.86. The zero-order valence-corrected chi connectivity index (χ0v) is 15.8. The van der Waals surface area contributed by atoms with Gasteiger partial charge in [-0.1, -0.05) is 35.0 Å². The lowest BCUT2D eigenvalue weighted by Gasteiger charge is -2.12. The summed E-state index contributed by atoms with van der Waals surface area (Å²) in [4.78, 5) is 20.6. The highest BCUT2D eigenvalue weighted by Crippen LogP contribution is 2.33. The molecular weight excluding hydrogens is 383 g/mol. The van der Waals surface area contributed by atoms with Gasteiger partial charge in [0, 0.05) is 0 Å². The van der Waals surface area contributed by atoms with E-state index < -0.39 is 17.8 Å². The first-order valence-electron chi connectivity index (χ1n) is 8.62. The number of hydrogen-bond donors (Lipinski definition) is 2. The fourth-order valence-electron chi connectivity index (χ4n) is 3.05. The van der Waals surface area contributed by atoms with Crippen LogP contribution in [0.25, 0.3) is 22.3 Å². The van der Waals surface area contributed by atoms with Gasteiger partial charge in [0.05, 0.1) is 27.7 Å². The van der Waals surface area contributed by atoms with Crippen LogP contribution in [0.5, 0.6) is 0 Å². The Hall–Kier alpha value is -3.19. The van der Waals surface area contributed by atoms with Crippen molar-refractivity contribution in [1.82, 2.24) is 20.4 Å². The number of aromatic amines is 1. The molecule has 2 aromatic heterocycles. The molecule has 4 aromatic rings. The lowest BCUT2D eigenvalue weighted by atomic mass is 10.0. The lowest BCUT2D eigenvalue weighted by molar-refractivity contribution is 0.0937. The number of amides is 1. The maximum absolute atomic E-state index is 14.3. The number of hydrogen-bond acceptors (Lipinski definition) is 4. The molecule has 4 rings (SSSR count). The quantitative estimate of drug-likeness (QED) is 0.516. The Morgan fingerprint density at radius 1 is 1.25 bits per heavy atom. The first kappa shape index (κ1) is 18.2. The van der Waals surface area contributed by atoms with E-state index >= 15 is 0 Å². The van der Waals surface area contributed by atoms with Gasteiger partial charge in [-0.15, -0.1) is 0 Å². The summed E-state index contributed by atoms with van der Waals surface area (Å²) in [6.07, 6.45) is 0. The summed E-state index contributed by atoms with van der Waals surface area (Å²) in [7, 11) is 0. The number of nitrogens with one attached hydrogen (secondary N) is 2. The highest BCUT2D eigenvalue weighted by atomic mass is 35.5. The summed E-state index contributed by atoms with van der Waals surface area (Å²) in [5.41, 5.74) is 1.91. The van der Waals surface area contributed by atoms with Crippen molar-refractivity contribution in [1.29, 1.82) is 0 Å². The molecule has 0 bridgehead atoms. The molecule has 8 heteroatoms. The Morgan fingerprint density at radius 3 is 2.79 bits per heavy atom. The molecule has 1 atom stereocenters. The number of carbonyl (C=O) groups excluding carboxylic acids is 1. The number of nitrogens with zero attached hydrogens (tertiary/aromatic N) is 2. The minimum absolute atomic E-state index is 0.0301. The second kappa shape index (κ2) is 7.09. The van der Waals surface area contributed by atoms with Gasteiger partial charge < -0.3 is 14.8 Å². The van der Waals surface area contributed by atoms with E-state index in [1.54, 1.807) is 13.8 Å². The lowest BCUT2D eigenvalue weighted by Crippen LogP contribution is -2.28. The van der Waals surface area contributed by atoms with Crippen molar-refractivity contribution in [2.75, 3.05) is 0 Å². The molecule has 0 aliphatic heterocycles. The zero-order valence-electron chi connectivity index (χ0n) is 15.1. The fraction of sp³-hybridized carbons (Fsp3) is 0.150. The van der Waals surface area contributed by atoms with Crippen LogP contribution >= 0.6 is 11.6 Å². The van der Waals surface area contributed by atoms with Gasteiger partial charge in [-0.2, -0.15) is 0 Å². The molecule has 1 amide bonds. The molecule has 2 heterocycles. The number of para-hydroxylation sites is 2. The van der Waals surface area contributed by atoms with Crippen LogP contribution in [0.3, 0.4) is 0 Å². The van der Waals surface area contributed by atoms with Crippen molar-refractivity contribution in [3.63, 3.8) is 0 Å². The summed E-state index contributed by atoms with van der Waals surface area (Å²) in [6, 6.07) is 11.4. The van der Waals surface area contributed by atoms with Gasteiger partial charge in [0.25, 0.3) is 5.91 Å². The first-order valence-corrected chi connectivity index (χ1v) is 8.99. The van der Waals surface area contributed by atoms with E-state index in [0.717, 1.165) is 11.0 Å². The molecule has 0 fully saturated rings. The third-order valence-corrected chi connectivity index (χ3v) is 4.77. The zero-order chi connectivity index (χ0) is 19.8. The van der Waals surface area contributed by atoms with Gasteiger partial charge in [0.1, 0.15) is 28.7 Å². The smallest absolute Gasteiger partial charge is 0.257 e. The summed E-state index contributed by atoms with van der Waals surface area (Å²) in [5.74, 6) is -0.168. The number of aromatic nitrogens is 3. The fourth-order valence-corrected chi connectivity index (χ4v) is 3.30. The number of benzene rings is 2. The molecule has 2 N–H and O–H groups in total. The third-order valence-electron chi connectivity index (χ3n) is 4.45. The standard InChI is InChI=1S/C20H16ClFN4O2/c1-10(19-24-14-8-3-4-9-15(14)25-19)23-20(27)16-11(2)28-26-18(16)17-12(21)6-5-7-13(17)22/h3-10H,1-2H3,(H,23,27)(H,24,25)/t10-/m0/s1. The van der Waals surface area contributed by atoms with Crippen LogP contribution in [0, 0.1) is 12.7 Å². The van der Waals surface area contributed by atoms with E-state index in [9.17, 15) is 9.18 Å². The van der Waals surface area contributed by atoms with Crippen LogP contribution in [0.4, 0.5) is 4.39 Å². The van der Waals surface area contributed by atoms with E-state index in [1.165, 1.54) is 18.2 Å². The molecule has 0 unspecified atom stereocenters. The molecular formula is C20H16ClFN4O2. The van der Waals surface area contributed by atoms with Crippen molar-refractivity contribution in [2.45, 2.75) is 19.9 Å². The Balaban J connectivity index is 1.66. The van der Waals surface area contributed by atoms with Gasteiger partial charge in [0.15, 0.2) is 0 Å². The molecule has 142 valence electrons. The van der Waals surface area contributed by atoms with E-state index in [2.05, 4.69) is 20.4 Å². The average molecular weight is 399 g/mol. The predicted molar refractivity (Wildman–Crippen MR) is 104 cm³/mol. The van der Waals surface area contributed by atoms with E-state index in [1.807, 2.05) is 24.3 Å².